The summed E-state index contributed by atoms with van der Waals surface area (Å²) in [6.45, 7) is 4.95. The van der Waals surface area contributed by atoms with E-state index in [2.05, 4.69) is 26.0 Å². The van der Waals surface area contributed by atoms with Crippen molar-refractivity contribution >= 4 is 13.8 Å². The van der Waals surface area contributed by atoms with Crippen LogP contribution in [0, 0.1) is 0 Å². The summed E-state index contributed by atoms with van der Waals surface area (Å²) in [4.78, 5) is 22.5. The topological polar surface area (TPSA) is 117 Å². The van der Waals surface area contributed by atoms with Gasteiger partial charge in [0.15, 0.2) is 0 Å². The molecule has 57 heavy (non-hydrogen) atoms. The normalized spacial score (nSPS) is 13.4. The minimum Gasteiger partial charge on any atom is -0.457 e. The first kappa shape index (κ1) is 56.2. The summed E-state index contributed by atoms with van der Waals surface area (Å²) < 4.78 is 33.5. The largest absolute Gasteiger partial charge is 0.472 e. The Balaban J connectivity index is 3.84. The molecule has 0 fully saturated rings. The third-order valence-electron chi connectivity index (χ3n) is 10.9. The SMILES string of the molecule is CCCCCC/C=C\CCCCCCCC(=O)OC(COCCCCCCCCCCCCCCCCCCCCCCCCCCC)COP(=O)(O)OCCN. The second-order valence-corrected chi connectivity index (χ2v) is 18.1. The van der Waals surface area contributed by atoms with Crippen LogP contribution in [0.1, 0.15) is 251 Å². The van der Waals surface area contributed by atoms with Crippen molar-refractivity contribution in [1.29, 1.82) is 0 Å². The van der Waals surface area contributed by atoms with Crippen molar-refractivity contribution in [3.8, 4) is 0 Å². The average molecular weight is 830 g/mol. The molecule has 0 spiro atoms. The predicted molar refractivity (Wildman–Crippen MR) is 243 cm³/mol. The fourth-order valence-corrected chi connectivity index (χ4v) is 8.05. The molecule has 0 aliphatic heterocycles. The van der Waals surface area contributed by atoms with Gasteiger partial charge in [0, 0.05) is 19.6 Å². The van der Waals surface area contributed by atoms with Crippen LogP contribution in [0.4, 0.5) is 0 Å². The number of ether oxygens (including phenoxy) is 2. The number of carbonyl (C=O) groups excluding carboxylic acids is 1. The van der Waals surface area contributed by atoms with Gasteiger partial charge in [0.25, 0.3) is 0 Å². The summed E-state index contributed by atoms with van der Waals surface area (Å²) in [5, 5.41) is 0. The number of rotatable bonds is 48. The number of esters is 1. The molecule has 0 rings (SSSR count). The molecule has 8 nitrogen and oxygen atoms in total. The molecule has 0 aromatic rings. The molecule has 0 aromatic heterocycles. The summed E-state index contributed by atoms with van der Waals surface area (Å²) >= 11 is 0. The highest BCUT2D eigenvalue weighted by molar-refractivity contribution is 7.47. The summed E-state index contributed by atoms with van der Waals surface area (Å²) in [5.41, 5.74) is 5.38. The Morgan fingerprint density at radius 1 is 0.509 bits per heavy atom. The molecule has 3 N–H and O–H groups in total. The van der Waals surface area contributed by atoms with E-state index in [0.717, 1.165) is 44.9 Å². The van der Waals surface area contributed by atoms with E-state index in [1.54, 1.807) is 0 Å². The highest BCUT2D eigenvalue weighted by Crippen LogP contribution is 2.43. The molecule has 0 heterocycles. The zero-order chi connectivity index (χ0) is 41.6. The minimum absolute atomic E-state index is 0.0936. The lowest BCUT2D eigenvalue weighted by atomic mass is 10.0. The van der Waals surface area contributed by atoms with Gasteiger partial charge in [-0.1, -0.05) is 219 Å². The van der Waals surface area contributed by atoms with Crippen LogP contribution in [0.5, 0.6) is 0 Å². The summed E-state index contributed by atoms with van der Waals surface area (Å²) in [5.74, 6) is -0.334. The number of nitrogens with two attached hydrogens (primary N) is 1. The van der Waals surface area contributed by atoms with Crippen molar-refractivity contribution in [2.75, 3.05) is 33.0 Å². The summed E-state index contributed by atoms with van der Waals surface area (Å²) in [6, 6.07) is 0. The fourth-order valence-electron chi connectivity index (χ4n) is 7.29. The molecule has 0 aliphatic rings. The molecule has 0 aliphatic carbocycles. The molecule has 9 heteroatoms. The molecule has 0 bridgehead atoms. The number of carbonyl (C=O) groups is 1. The Kier molecular flexibility index (Phi) is 45.7. The van der Waals surface area contributed by atoms with E-state index in [0.29, 0.717) is 13.0 Å². The third-order valence-corrected chi connectivity index (χ3v) is 11.9. The number of phosphoric ester groups is 1. The van der Waals surface area contributed by atoms with Crippen molar-refractivity contribution in [2.24, 2.45) is 5.73 Å². The first-order valence-electron chi connectivity index (χ1n) is 24.7. The minimum atomic E-state index is -4.27. The van der Waals surface area contributed by atoms with E-state index in [4.69, 9.17) is 24.3 Å². The van der Waals surface area contributed by atoms with Crippen LogP contribution in [0.2, 0.25) is 0 Å². The van der Waals surface area contributed by atoms with Gasteiger partial charge in [-0.15, -0.1) is 0 Å². The van der Waals surface area contributed by atoms with Gasteiger partial charge >= 0.3 is 13.8 Å². The molecule has 0 amide bonds. The maximum atomic E-state index is 12.6. The van der Waals surface area contributed by atoms with Gasteiger partial charge in [-0.3, -0.25) is 13.8 Å². The highest BCUT2D eigenvalue weighted by Gasteiger charge is 2.25. The van der Waals surface area contributed by atoms with Crippen molar-refractivity contribution in [3.63, 3.8) is 0 Å². The predicted octanol–water partition coefficient (Wildman–Crippen LogP) is 15.0. The second kappa shape index (κ2) is 46.3. The lowest BCUT2D eigenvalue weighted by Gasteiger charge is -2.20. The smallest absolute Gasteiger partial charge is 0.457 e. The van der Waals surface area contributed by atoms with Crippen molar-refractivity contribution < 1.29 is 32.8 Å². The molecular weight excluding hydrogens is 734 g/mol. The Bertz CT molecular complexity index is 889. The molecule has 2 atom stereocenters. The first-order valence-corrected chi connectivity index (χ1v) is 26.2. The van der Waals surface area contributed by atoms with Crippen molar-refractivity contribution in [2.45, 2.75) is 258 Å². The van der Waals surface area contributed by atoms with Gasteiger partial charge in [-0.2, -0.15) is 0 Å². The maximum absolute atomic E-state index is 12.6. The number of hydrogen-bond acceptors (Lipinski definition) is 7. The summed E-state index contributed by atoms with van der Waals surface area (Å²) in [6.07, 6.45) is 51.1. The van der Waals surface area contributed by atoms with Crippen LogP contribution in [0.3, 0.4) is 0 Å². The van der Waals surface area contributed by atoms with E-state index >= 15 is 0 Å². The standard InChI is InChI=1S/C48H96NO7P/c1-3-5-7-9-11-13-15-17-18-19-20-21-22-23-24-25-26-27-28-30-32-34-36-38-40-43-53-45-47(46-55-57(51,52)54-44-42-49)56-48(50)41-39-37-35-33-31-29-16-14-12-10-8-6-4-2/h14,16,47H,3-13,15,17-46,49H2,1-2H3,(H,51,52)/b16-14-. The lowest BCUT2D eigenvalue weighted by molar-refractivity contribution is -0.154. The van der Waals surface area contributed by atoms with Crippen LogP contribution in [0.25, 0.3) is 0 Å². The number of unbranched alkanes of at least 4 members (excludes halogenated alkanes) is 33. The Morgan fingerprint density at radius 3 is 1.30 bits per heavy atom. The monoisotopic (exact) mass is 830 g/mol. The maximum Gasteiger partial charge on any atom is 0.472 e. The van der Waals surface area contributed by atoms with Gasteiger partial charge in [0.1, 0.15) is 6.10 Å². The van der Waals surface area contributed by atoms with E-state index in [-0.39, 0.29) is 32.3 Å². The van der Waals surface area contributed by atoms with Crippen LogP contribution in [0.15, 0.2) is 12.2 Å². The number of allylic oxidation sites excluding steroid dienone is 2. The zero-order valence-electron chi connectivity index (χ0n) is 37.9. The second-order valence-electron chi connectivity index (χ2n) is 16.7. The first-order chi connectivity index (χ1) is 27.9. The highest BCUT2D eigenvalue weighted by atomic mass is 31.2. The van der Waals surface area contributed by atoms with Crippen LogP contribution in [-0.2, 0) is 27.9 Å². The Morgan fingerprint density at radius 2 is 0.877 bits per heavy atom. The van der Waals surface area contributed by atoms with Crippen LogP contribution < -0.4 is 5.73 Å². The Hall–Kier alpha value is -0.760. The van der Waals surface area contributed by atoms with E-state index in [1.807, 2.05) is 0 Å². The van der Waals surface area contributed by atoms with Crippen molar-refractivity contribution in [1.82, 2.24) is 0 Å². The number of hydrogen-bond donors (Lipinski definition) is 2. The van der Waals surface area contributed by atoms with Gasteiger partial charge in [-0.25, -0.2) is 4.57 Å². The molecule has 340 valence electrons. The molecule has 2 unspecified atom stereocenters. The van der Waals surface area contributed by atoms with Crippen LogP contribution in [-0.4, -0.2) is 49.9 Å². The summed E-state index contributed by atoms with van der Waals surface area (Å²) in [7, 11) is -4.27. The fraction of sp³-hybridized carbons (Fsp3) is 0.938. The van der Waals surface area contributed by atoms with Gasteiger partial charge in [0.05, 0.1) is 19.8 Å². The third kappa shape index (κ3) is 46.2. The lowest BCUT2D eigenvalue weighted by Crippen LogP contribution is -2.28. The van der Waals surface area contributed by atoms with Crippen LogP contribution >= 0.6 is 7.82 Å². The van der Waals surface area contributed by atoms with Crippen molar-refractivity contribution in [3.05, 3.63) is 12.2 Å². The quantitative estimate of drug-likeness (QED) is 0.0269. The van der Waals surface area contributed by atoms with E-state index < -0.39 is 13.9 Å². The van der Waals surface area contributed by atoms with Gasteiger partial charge in [0.2, 0.25) is 0 Å². The average Bonchev–Trinajstić information content (AvgIpc) is 3.20. The van der Waals surface area contributed by atoms with Gasteiger partial charge in [-0.05, 0) is 38.5 Å². The van der Waals surface area contributed by atoms with E-state index in [9.17, 15) is 14.3 Å². The molecule has 0 saturated carbocycles. The van der Waals surface area contributed by atoms with Gasteiger partial charge < -0.3 is 20.1 Å². The Labute approximate surface area is 354 Å². The molecular formula is C48H96NO7P. The molecule has 0 radical (unpaired) electrons. The molecule has 0 aromatic carbocycles. The zero-order valence-corrected chi connectivity index (χ0v) is 38.7. The number of phosphoric acid groups is 1. The van der Waals surface area contributed by atoms with E-state index in [1.165, 1.54) is 186 Å². The molecule has 0 saturated heterocycles.